The Morgan fingerprint density at radius 3 is 2.58 bits per heavy atom. The van der Waals surface area contributed by atoms with Crippen molar-refractivity contribution in [1.29, 1.82) is 0 Å². The van der Waals surface area contributed by atoms with E-state index in [-0.39, 0.29) is 12.0 Å². The van der Waals surface area contributed by atoms with Gasteiger partial charge in [0.05, 0.1) is 6.42 Å². The van der Waals surface area contributed by atoms with Crippen LogP contribution in [-0.2, 0) is 14.3 Å². The molecule has 9 atom stereocenters. The lowest BCUT2D eigenvalue weighted by Crippen LogP contribution is -2.54. The maximum absolute atomic E-state index is 12.0. The van der Waals surface area contributed by atoms with E-state index in [1.807, 2.05) is 0 Å². The third-order valence-electron chi connectivity index (χ3n) is 11.9. The van der Waals surface area contributed by atoms with Gasteiger partial charge >= 0.3 is 0 Å². The van der Waals surface area contributed by atoms with Crippen LogP contribution in [0.15, 0.2) is 4.99 Å². The van der Waals surface area contributed by atoms with Crippen molar-refractivity contribution in [3.05, 3.63) is 0 Å². The summed E-state index contributed by atoms with van der Waals surface area (Å²) in [6, 6.07) is -0.538. The summed E-state index contributed by atoms with van der Waals surface area (Å²) in [4.78, 5) is 26.8. The van der Waals surface area contributed by atoms with E-state index in [4.69, 9.17) is 4.74 Å². The number of nitrogens with zero attached hydrogens (tertiary/aromatic N) is 1. The number of ether oxygens (including phenoxy) is 1. The molecule has 0 saturated heterocycles. The molecule has 1 aliphatic heterocycles. The maximum Gasteiger partial charge on any atom is 0.271 e. The molecule has 5 nitrogen and oxygen atoms in total. The Morgan fingerprint density at radius 1 is 1.03 bits per heavy atom. The Hall–Kier alpha value is -1.39. The molecular weight excluding hydrogens is 448 g/mol. The number of carbonyl (C=O) groups is 2. The molecule has 1 N–H and O–H groups in total. The first-order chi connectivity index (χ1) is 17.2. The van der Waals surface area contributed by atoms with E-state index in [0.29, 0.717) is 29.6 Å². The summed E-state index contributed by atoms with van der Waals surface area (Å²) in [5.74, 6) is 5.51. The van der Waals surface area contributed by atoms with Gasteiger partial charge < -0.3 is 10.1 Å². The van der Waals surface area contributed by atoms with Gasteiger partial charge in [0, 0.05) is 0 Å². The first-order valence-corrected chi connectivity index (χ1v) is 15.2. The summed E-state index contributed by atoms with van der Waals surface area (Å²) >= 11 is 0. The lowest BCUT2D eigenvalue weighted by atomic mass is 9.44. The predicted molar refractivity (Wildman–Crippen MR) is 143 cm³/mol. The molecule has 4 saturated carbocycles. The number of amides is 2. The second-order valence-corrected chi connectivity index (χ2v) is 14.1. The molecule has 0 spiro atoms. The fourth-order valence-corrected chi connectivity index (χ4v) is 9.84. The molecule has 0 aromatic heterocycles. The van der Waals surface area contributed by atoms with Crippen LogP contribution in [-0.4, -0.2) is 30.4 Å². The van der Waals surface area contributed by atoms with Crippen molar-refractivity contribution >= 4 is 18.2 Å². The van der Waals surface area contributed by atoms with Crippen molar-refractivity contribution in [2.45, 2.75) is 130 Å². The Morgan fingerprint density at radius 2 is 1.81 bits per heavy atom. The van der Waals surface area contributed by atoms with E-state index in [0.717, 1.165) is 48.3 Å². The van der Waals surface area contributed by atoms with E-state index in [1.54, 1.807) is 0 Å². The molecule has 4 aliphatic carbocycles. The first-order valence-electron chi connectivity index (χ1n) is 15.2. The average Bonchev–Trinajstić information content (AvgIpc) is 3.35. The van der Waals surface area contributed by atoms with Gasteiger partial charge in [-0.3, -0.25) is 9.59 Å². The van der Waals surface area contributed by atoms with Crippen LogP contribution in [0.1, 0.15) is 118 Å². The number of rotatable bonds is 8. The maximum atomic E-state index is 12.0. The van der Waals surface area contributed by atoms with Crippen LogP contribution in [0.2, 0.25) is 0 Å². The summed E-state index contributed by atoms with van der Waals surface area (Å²) in [6.07, 6.45) is 18.8. The minimum absolute atomic E-state index is 0.164. The molecule has 0 radical (unpaired) electrons. The third kappa shape index (κ3) is 4.77. The summed E-state index contributed by atoms with van der Waals surface area (Å²) in [7, 11) is 0. The Kier molecular flexibility index (Phi) is 7.58. The van der Waals surface area contributed by atoms with Gasteiger partial charge in [-0.2, -0.15) is 4.99 Å². The summed E-state index contributed by atoms with van der Waals surface area (Å²) in [6.45, 7) is 10.0. The lowest BCUT2D eigenvalue weighted by Gasteiger charge is -2.61. The minimum atomic E-state index is -0.538. The summed E-state index contributed by atoms with van der Waals surface area (Å²) in [5, 5.41) is 2.56. The molecule has 4 fully saturated rings. The van der Waals surface area contributed by atoms with Gasteiger partial charge in [-0.15, -0.1) is 0 Å². The second-order valence-electron chi connectivity index (χ2n) is 14.1. The highest BCUT2D eigenvalue weighted by Crippen LogP contribution is 2.68. The van der Waals surface area contributed by atoms with Gasteiger partial charge in [0.15, 0.2) is 5.90 Å². The van der Waals surface area contributed by atoms with Crippen LogP contribution in [0.5, 0.6) is 0 Å². The fraction of sp³-hybridized carbons (Fsp3) is 0.903. The molecule has 0 aromatic rings. The van der Waals surface area contributed by atoms with Gasteiger partial charge in [-0.25, -0.2) is 0 Å². The van der Waals surface area contributed by atoms with Crippen LogP contribution >= 0.6 is 0 Å². The van der Waals surface area contributed by atoms with E-state index in [9.17, 15) is 9.59 Å². The van der Waals surface area contributed by atoms with Crippen molar-refractivity contribution in [3.63, 3.8) is 0 Å². The number of aliphatic imine (C=N–C) groups is 1. The quantitative estimate of drug-likeness (QED) is 0.299. The Labute approximate surface area is 219 Å². The monoisotopic (exact) mass is 498 g/mol. The zero-order valence-electron chi connectivity index (χ0n) is 23.3. The van der Waals surface area contributed by atoms with Gasteiger partial charge in [0.1, 0.15) is 12.1 Å². The van der Waals surface area contributed by atoms with Crippen molar-refractivity contribution in [2.24, 2.45) is 51.3 Å². The molecule has 0 bridgehead atoms. The Balaban J connectivity index is 1.18. The van der Waals surface area contributed by atoms with E-state index in [2.05, 4.69) is 38.0 Å². The molecular formula is C31H50N2O3. The molecule has 2 amide bonds. The van der Waals surface area contributed by atoms with Crippen LogP contribution in [0.25, 0.3) is 0 Å². The first kappa shape index (κ1) is 26.2. The largest absolute Gasteiger partial charge is 0.477 e. The van der Waals surface area contributed by atoms with Crippen LogP contribution in [0, 0.1) is 46.3 Å². The van der Waals surface area contributed by atoms with Crippen LogP contribution in [0.4, 0.5) is 0 Å². The van der Waals surface area contributed by atoms with Crippen molar-refractivity contribution in [3.8, 4) is 0 Å². The van der Waals surface area contributed by atoms with Gasteiger partial charge in [-0.1, -0.05) is 47.0 Å². The zero-order chi connectivity index (χ0) is 25.5. The minimum Gasteiger partial charge on any atom is -0.477 e. The average molecular weight is 499 g/mol. The number of carbonyl (C=O) groups excluding carboxylic acids is 2. The molecule has 9 unspecified atom stereocenters. The molecule has 5 rings (SSSR count). The smallest absolute Gasteiger partial charge is 0.271 e. The predicted octanol–water partition coefficient (Wildman–Crippen LogP) is 6.69. The van der Waals surface area contributed by atoms with Crippen LogP contribution < -0.4 is 5.32 Å². The van der Waals surface area contributed by atoms with Crippen LogP contribution in [0.3, 0.4) is 0 Å². The number of fused-ring (bicyclic) bond motifs is 5. The van der Waals surface area contributed by atoms with E-state index < -0.39 is 6.04 Å². The van der Waals surface area contributed by atoms with Crippen molar-refractivity contribution in [1.82, 2.24) is 5.32 Å². The molecule has 202 valence electrons. The highest BCUT2D eigenvalue weighted by atomic mass is 16.5. The summed E-state index contributed by atoms with van der Waals surface area (Å²) in [5.41, 5.74) is 1.02. The highest BCUT2D eigenvalue weighted by Gasteiger charge is 2.60. The molecule has 5 aliphatic rings. The number of unbranched alkanes of at least 4 members (excludes halogenated alkanes) is 1. The molecule has 1 heterocycles. The zero-order valence-corrected chi connectivity index (χ0v) is 23.3. The molecule has 36 heavy (non-hydrogen) atoms. The van der Waals surface area contributed by atoms with Crippen molar-refractivity contribution in [2.75, 3.05) is 0 Å². The highest BCUT2D eigenvalue weighted by molar-refractivity contribution is 6.02. The van der Waals surface area contributed by atoms with E-state index in [1.165, 1.54) is 70.6 Å². The van der Waals surface area contributed by atoms with E-state index >= 15 is 0 Å². The third-order valence-corrected chi connectivity index (χ3v) is 11.9. The normalized spacial score (nSPS) is 44.0. The second kappa shape index (κ2) is 10.4. The van der Waals surface area contributed by atoms with Gasteiger partial charge in [0.2, 0.25) is 6.41 Å². The topological polar surface area (TPSA) is 67.8 Å². The van der Waals surface area contributed by atoms with Gasteiger partial charge in [0.25, 0.3) is 5.91 Å². The molecule has 0 aromatic carbocycles. The number of hydrogen-bond acceptors (Lipinski definition) is 3. The fourth-order valence-electron chi connectivity index (χ4n) is 9.84. The standard InChI is InChI=1S/C31H50N2O3/c1-20(2)7-5-6-8-21-10-12-25-24-11-9-22-17-23(36-28-18-27(32-19-34)29(35)33-28)13-15-31(22,4)26(24)14-16-30(21,25)3/h19-27H,5-18H2,1-4H3,(H,32,34). The lowest BCUT2D eigenvalue weighted by molar-refractivity contribution is -0.125. The van der Waals surface area contributed by atoms with Crippen molar-refractivity contribution < 1.29 is 14.3 Å². The Bertz CT molecular complexity index is 855. The number of hydrogen-bond donors (Lipinski definition) is 1. The SMILES string of the molecule is CC(C)CCCCC1CCC2C3CCC4CC(OC5=NC(=O)C(NC=O)C5)CCC4(C)C3CCC12C. The summed E-state index contributed by atoms with van der Waals surface area (Å²) < 4.78 is 6.26. The number of nitrogens with one attached hydrogen (secondary N) is 1. The van der Waals surface area contributed by atoms with Gasteiger partial charge in [-0.05, 0) is 111 Å². The molecule has 5 heteroatoms.